The number of allylic oxidation sites excluding steroid dienone is 5. The number of hydrogen-bond acceptors (Lipinski definition) is 7. The van der Waals surface area contributed by atoms with Crippen molar-refractivity contribution in [1.29, 1.82) is 0 Å². The van der Waals surface area contributed by atoms with Gasteiger partial charge in [-0.25, -0.2) is 0 Å². The molecule has 8 nitrogen and oxygen atoms in total. The molecule has 2 saturated carbocycles. The van der Waals surface area contributed by atoms with Crippen LogP contribution in [-0.2, 0) is 23.7 Å². The van der Waals surface area contributed by atoms with Crippen molar-refractivity contribution in [2.45, 2.75) is 104 Å². The van der Waals surface area contributed by atoms with E-state index in [4.69, 9.17) is 18.9 Å². The van der Waals surface area contributed by atoms with Crippen LogP contribution in [0, 0.1) is 34.5 Å². The van der Waals surface area contributed by atoms with Gasteiger partial charge in [0.2, 0.25) is 5.91 Å². The lowest BCUT2D eigenvalue weighted by molar-refractivity contribution is -0.127. The summed E-state index contributed by atoms with van der Waals surface area (Å²) in [6, 6.07) is 9.20. The summed E-state index contributed by atoms with van der Waals surface area (Å²) in [7, 11) is 2.11. The molecule has 8 heteroatoms. The quantitative estimate of drug-likeness (QED) is 0.128. The molecule has 292 valence electrons. The molecule has 0 spiro atoms. The number of likely N-dealkylation sites (N-methyl/N-ethyl adjacent to an activating group) is 1. The Labute approximate surface area is 319 Å². The van der Waals surface area contributed by atoms with Crippen LogP contribution in [0.5, 0.6) is 0 Å². The van der Waals surface area contributed by atoms with Crippen LogP contribution in [0.25, 0.3) is 0 Å². The molecule has 2 fully saturated rings. The van der Waals surface area contributed by atoms with Gasteiger partial charge in [0, 0.05) is 36.7 Å². The molecular weight excluding hydrogens is 665 g/mol. The van der Waals surface area contributed by atoms with Crippen LogP contribution in [0.4, 0.5) is 5.69 Å². The molecule has 1 aromatic rings. The van der Waals surface area contributed by atoms with Gasteiger partial charge in [0.25, 0.3) is 0 Å². The van der Waals surface area contributed by atoms with Crippen molar-refractivity contribution in [3.8, 4) is 11.8 Å². The maximum absolute atomic E-state index is 12.0. The normalized spacial score (nSPS) is 27.2. The molecule has 5 rings (SSSR count). The largest absolute Gasteiger partial charge is 0.377 e. The molecule has 1 amide bonds. The van der Waals surface area contributed by atoms with Crippen LogP contribution >= 0.6 is 0 Å². The van der Waals surface area contributed by atoms with Crippen LogP contribution in [0.2, 0.25) is 0 Å². The zero-order valence-electron chi connectivity index (χ0n) is 33.7. The van der Waals surface area contributed by atoms with Crippen LogP contribution in [0.1, 0.15) is 98.0 Å². The average Bonchev–Trinajstić information content (AvgIpc) is 3.38. The van der Waals surface area contributed by atoms with E-state index in [0.29, 0.717) is 58.1 Å². The molecule has 0 bridgehead atoms. The third kappa shape index (κ3) is 9.85. The minimum atomic E-state index is -0.932. The smallest absolute Gasteiger partial charge is 0.246 e. The molecule has 6 atom stereocenters. The summed E-state index contributed by atoms with van der Waals surface area (Å²) < 4.78 is 22.5. The van der Waals surface area contributed by atoms with Gasteiger partial charge in [0.15, 0.2) is 0 Å². The summed E-state index contributed by atoms with van der Waals surface area (Å²) in [6.45, 7) is 21.0. The minimum absolute atomic E-state index is 0.0103. The SMILES string of the molecule is C=C1C=C2CCC3C(=C2CC1)C(c1ccc(N(C)CCOCCOCCOCCOCC(=O)NC(C)C(C)(C)C)cc1)CC1(C)C3CCC1(O)C#CC. The number of carbonyl (C=O) groups is 1. The number of amides is 1. The number of aliphatic hydroxyl groups is 1. The lowest BCUT2D eigenvalue weighted by Crippen LogP contribution is -2.51. The monoisotopic (exact) mass is 730 g/mol. The highest BCUT2D eigenvalue weighted by atomic mass is 16.6. The van der Waals surface area contributed by atoms with Crippen molar-refractivity contribution >= 4 is 11.6 Å². The van der Waals surface area contributed by atoms with E-state index in [0.717, 1.165) is 57.2 Å². The predicted octanol–water partition coefficient (Wildman–Crippen LogP) is 7.38. The second-order valence-corrected chi connectivity index (χ2v) is 17.0. The molecule has 6 unspecified atom stereocenters. The lowest BCUT2D eigenvalue weighted by Gasteiger charge is -2.53. The Morgan fingerprint density at radius 2 is 1.64 bits per heavy atom. The van der Waals surface area contributed by atoms with Gasteiger partial charge in [0.1, 0.15) is 12.2 Å². The minimum Gasteiger partial charge on any atom is -0.377 e. The van der Waals surface area contributed by atoms with Crippen molar-refractivity contribution < 1.29 is 28.8 Å². The second kappa shape index (κ2) is 18.1. The number of rotatable bonds is 17. The van der Waals surface area contributed by atoms with Crippen molar-refractivity contribution in [1.82, 2.24) is 5.32 Å². The maximum atomic E-state index is 12.0. The van der Waals surface area contributed by atoms with Crippen molar-refractivity contribution in [3.05, 3.63) is 64.8 Å². The van der Waals surface area contributed by atoms with E-state index in [2.05, 4.69) is 93.7 Å². The first-order valence-corrected chi connectivity index (χ1v) is 20.0. The molecule has 1 aromatic carbocycles. The molecule has 0 radical (unpaired) electrons. The molecular formula is C45H66N2O6. The zero-order chi connectivity index (χ0) is 38.2. The molecule has 0 heterocycles. The van der Waals surface area contributed by atoms with Gasteiger partial charge in [0.05, 0.1) is 46.2 Å². The summed E-state index contributed by atoms with van der Waals surface area (Å²) in [5.41, 5.74) is 7.34. The van der Waals surface area contributed by atoms with E-state index in [1.165, 1.54) is 16.7 Å². The lowest BCUT2D eigenvalue weighted by atomic mass is 9.51. The molecule has 4 aliphatic carbocycles. The number of fused-ring (bicyclic) bond motifs is 4. The number of nitrogens with one attached hydrogen (secondary N) is 1. The number of nitrogens with zero attached hydrogens (tertiary/aromatic N) is 1. The molecule has 0 saturated heterocycles. The predicted molar refractivity (Wildman–Crippen MR) is 213 cm³/mol. The Kier molecular flexibility index (Phi) is 14.1. The van der Waals surface area contributed by atoms with Gasteiger partial charge in [-0.1, -0.05) is 69.5 Å². The third-order valence-corrected chi connectivity index (χ3v) is 12.7. The number of benzene rings is 1. The third-order valence-electron chi connectivity index (χ3n) is 12.7. The number of ether oxygens (including phenoxy) is 4. The van der Waals surface area contributed by atoms with Crippen LogP contribution in [-0.4, -0.2) is 89.1 Å². The standard InChI is InChI=1S/C45H66N2O6/c1-9-19-45(49)20-18-40-38-17-13-35-29-32(2)10-16-37(35)42(38)39(30-44(40,45)7)34-11-14-36(15-12-34)47(8)21-22-50-23-24-51-25-26-52-27-28-53-31-41(48)46-33(3)43(4,5)6/h11-12,14-15,29,33,38-40,49H,2,10,13,16-18,20-28,30-31H2,1,3-8H3,(H,46,48). The highest BCUT2D eigenvalue weighted by molar-refractivity contribution is 5.77. The first kappa shape index (κ1) is 41.2. The summed E-state index contributed by atoms with van der Waals surface area (Å²) in [6.07, 6.45) is 9.50. The Balaban J connectivity index is 1.05. The Bertz CT molecular complexity index is 1550. The first-order chi connectivity index (χ1) is 25.3. The summed E-state index contributed by atoms with van der Waals surface area (Å²) in [5.74, 6) is 7.50. The van der Waals surface area contributed by atoms with E-state index < -0.39 is 5.60 Å². The topological polar surface area (TPSA) is 89.5 Å². The fraction of sp³-hybridized carbons (Fsp3) is 0.667. The molecule has 4 aliphatic rings. The van der Waals surface area contributed by atoms with E-state index in [1.54, 1.807) is 11.1 Å². The summed E-state index contributed by atoms with van der Waals surface area (Å²) >= 11 is 0. The molecule has 53 heavy (non-hydrogen) atoms. The van der Waals surface area contributed by atoms with Gasteiger partial charge in [-0.3, -0.25) is 4.79 Å². The van der Waals surface area contributed by atoms with Gasteiger partial charge < -0.3 is 34.3 Å². The Morgan fingerprint density at radius 1 is 1.00 bits per heavy atom. The average molecular weight is 731 g/mol. The van der Waals surface area contributed by atoms with E-state index in [1.807, 2.05) is 13.8 Å². The Morgan fingerprint density at radius 3 is 2.28 bits per heavy atom. The number of anilines is 1. The number of hydrogen-bond donors (Lipinski definition) is 2. The zero-order valence-corrected chi connectivity index (χ0v) is 33.7. The van der Waals surface area contributed by atoms with Crippen LogP contribution in [0.15, 0.2) is 59.2 Å². The fourth-order valence-electron chi connectivity index (χ4n) is 9.08. The van der Waals surface area contributed by atoms with Crippen molar-refractivity contribution in [3.63, 3.8) is 0 Å². The van der Waals surface area contributed by atoms with Crippen molar-refractivity contribution in [2.75, 3.05) is 71.3 Å². The van der Waals surface area contributed by atoms with E-state index in [-0.39, 0.29) is 35.3 Å². The highest BCUT2D eigenvalue weighted by Gasteiger charge is 2.62. The van der Waals surface area contributed by atoms with Crippen molar-refractivity contribution in [2.24, 2.45) is 22.7 Å². The van der Waals surface area contributed by atoms with Crippen LogP contribution < -0.4 is 10.2 Å². The highest BCUT2D eigenvalue weighted by Crippen LogP contribution is 2.66. The second-order valence-electron chi connectivity index (χ2n) is 17.0. The van der Waals surface area contributed by atoms with Gasteiger partial charge in [-0.2, -0.15) is 0 Å². The molecule has 0 aliphatic heterocycles. The Hall–Kier alpha value is -2.93. The molecule has 0 aromatic heterocycles. The van der Waals surface area contributed by atoms with Crippen LogP contribution in [0.3, 0.4) is 0 Å². The first-order valence-electron chi connectivity index (χ1n) is 20.0. The van der Waals surface area contributed by atoms with E-state index in [9.17, 15) is 9.90 Å². The maximum Gasteiger partial charge on any atom is 0.246 e. The fourth-order valence-corrected chi connectivity index (χ4v) is 9.08. The summed E-state index contributed by atoms with van der Waals surface area (Å²) in [5, 5.41) is 14.9. The van der Waals surface area contributed by atoms with Gasteiger partial charge >= 0.3 is 0 Å². The summed E-state index contributed by atoms with van der Waals surface area (Å²) in [4.78, 5) is 14.2. The van der Waals surface area contributed by atoms with E-state index >= 15 is 0 Å². The van der Waals surface area contributed by atoms with Gasteiger partial charge in [-0.05, 0) is 105 Å². The number of carbonyl (C=O) groups excluding carboxylic acids is 1. The van der Waals surface area contributed by atoms with Gasteiger partial charge in [-0.15, -0.1) is 5.92 Å². The molecule has 2 N–H and O–H groups in total.